The third-order valence-electron chi connectivity index (χ3n) is 4.45. The molecule has 4 aromatic rings. The molecule has 1 aromatic carbocycles. The molecule has 0 aliphatic heterocycles. The van der Waals surface area contributed by atoms with E-state index in [4.69, 9.17) is 11.6 Å². The molecule has 3 heterocycles. The van der Waals surface area contributed by atoms with Gasteiger partial charge in [0.25, 0.3) is 5.91 Å². The van der Waals surface area contributed by atoms with Crippen molar-refractivity contribution in [2.45, 2.75) is 13.5 Å². The Labute approximate surface area is 176 Å². The fourth-order valence-electron chi connectivity index (χ4n) is 2.99. The van der Waals surface area contributed by atoms with Gasteiger partial charge in [-0.15, -0.1) is 0 Å². The fourth-order valence-corrected chi connectivity index (χ4v) is 3.12. The average Bonchev–Trinajstić information content (AvgIpc) is 3.28. The van der Waals surface area contributed by atoms with Crippen LogP contribution in [-0.4, -0.2) is 30.2 Å². The Morgan fingerprint density at radius 2 is 1.97 bits per heavy atom. The van der Waals surface area contributed by atoms with Gasteiger partial charge in [-0.05, 0) is 37.3 Å². The van der Waals surface area contributed by atoms with Gasteiger partial charge in [0.1, 0.15) is 12.1 Å². The summed E-state index contributed by atoms with van der Waals surface area (Å²) < 4.78 is 3.28. The number of hydrogen-bond acceptors (Lipinski definition) is 5. The smallest absolute Gasteiger partial charge is 0.276 e. The number of hydrogen-bond donors (Lipinski definition) is 1. The summed E-state index contributed by atoms with van der Waals surface area (Å²) in [4.78, 5) is 33.5. The van der Waals surface area contributed by atoms with Crippen LogP contribution in [0.5, 0.6) is 0 Å². The maximum absolute atomic E-state index is 12.7. The zero-order valence-corrected chi connectivity index (χ0v) is 16.7. The highest BCUT2D eigenvalue weighted by molar-refractivity contribution is 6.30. The van der Waals surface area contributed by atoms with Crippen LogP contribution in [-0.2, 0) is 6.54 Å². The highest BCUT2D eigenvalue weighted by Crippen LogP contribution is 2.14. The van der Waals surface area contributed by atoms with Gasteiger partial charge in [0.05, 0.1) is 5.69 Å². The van der Waals surface area contributed by atoms with Crippen molar-refractivity contribution in [2.24, 2.45) is 0 Å². The second-order valence-electron chi connectivity index (χ2n) is 6.53. The van der Waals surface area contributed by atoms with Crippen molar-refractivity contribution < 1.29 is 4.79 Å². The summed E-state index contributed by atoms with van der Waals surface area (Å²) in [6, 6.07) is 12.0. The van der Waals surface area contributed by atoms with E-state index in [1.54, 1.807) is 66.7 Å². The van der Waals surface area contributed by atoms with E-state index in [-0.39, 0.29) is 12.2 Å². The zero-order chi connectivity index (χ0) is 21.1. The Balaban J connectivity index is 1.60. The summed E-state index contributed by atoms with van der Waals surface area (Å²) in [5, 5.41) is 7.61. The number of nitrogens with zero attached hydrogens (tertiary/aromatic N) is 5. The molecule has 0 radical (unpaired) electrons. The molecule has 0 atom stereocenters. The summed E-state index contributed by atoms with van der Waals surface area (Å²) in [5.74, 6) is 0.0777. The maximum atomic E-state index is 12.7. The summed E-state index contributed by atoms with van der Waals surface area (Å²) in [6.07, 6.45) is 6.69. The average molecular weight is 421 g/mol. The van der Waals surface area contributed by atoms with E-state index in [1.807, 2.05) is 6.07 Å². The van der Waals surface area contributed by atoms with Crippen molar-refractivity contribution >= 4 is 17.5 Å². The molecule has 0 aliphatic carbocycles. The van der Waals surface area contributed by atoms with Crippen LogP contribution in [0.4, 0.5) is 0 Å². The molecule has 0 bridgehead atoms. The lowest BCUT2D eigenvalue weighted by Gasteiger charge is -2.12. The number of imidazole rings is 1. The van der Waals surface area contributed by atoms with E-state index >= 15 is 0 Å². The highest BCUT2D eigenvalue weighted by atomic mass is 35.5. The summed E-state index contributed by atoms with van der Waals surface area (Å²) >= 11 is 5.94. The quantitative estimate of drug-likeness (QED) is 0.535. The van der Waals surface area contributed by atoms with Crippen LogP contribution in [0.15, 0.2) is 72.2 Å². The van der Waals surface area contributed by atoms with Crippen molar-refractivity contribution in [1.82, 2.24) is 29.6 Å². The molecule has 0 fully saturated rings. The zero-order valence-electron chi connectivity index (χ0n) is 16.0. The third kappa shape index (κ3) is 3.99. The lowest BCUT2D eigenvalue weighted by molar-refractivity contribution is 0.0943. The van der Waals surface area contributed by atoms with Gasteiger partial charge in [-0.1, -0.05) is 17.7 Å². The van der Waals surface area contributed by atoms with E-state index in [2.05, 4.69) is 20.4 Å². The summed E-state index contributed by atoms with van der Waals surface area (Å²) in [6.45, 7) is 1.92. The van der Waals surface area contributed by atoms with Gasteiger partial charge in [0, 0.05) is 47.5 Å². The van der Waals surface area contributed by atoms with Gasteiger partial charge < -0.3 is 5.32 Å². The van der Waals surface area contributed by atoms with Crippen LogP contribution in [0, 0.1) is 6.92 Å². The predicted octanol–water partition coefficient (Wildman–Crippen LogP) is 2.71. The molecular formula is C21H17ClN6O2. The molecule has 4 rings (SSSR count). The van der Waals surface area contributed by atoms with E-state index in [0.717, 1.165) is 5.56 Å². The van der Waals surface area contributed by atoms with Gasteiger partial charge in [-0.2, -0.15) is 5.10 Å². The molecule has 30 heavy (non-hydrogen) atoms. The third-order valence-corrected chi connectivity index (χ3v) is 4.70. The first kappa shape index (κ1) is 19.5. The Hall–Kier alpha value is -3.78. The van der Waals surface area contributed by atoms with Crippen molar-refractivity contribution in [2.75, 3.05) is 0 Å². The van der Waals surface area contributed by atoms with E-state index < -0.39 is 11.3 Å². The number of aromatic nitrogens is 5. The molecular weight excluding hydrogens is 404 g/mol. The minimum absolute atomic E-state index is 0.177. The Morgan fingerprint density at radius 1 is 1.17 bits per heavy atom. The normalized spacial score (nSPS) is 10.7. The Bertz CT molecular complexity index is 1250. The second kappa shape index (κ2) is 8.30. The number of nitrogens with one attached hydrogen (secondary N) is 1. The van der Waals surface area contributed by atoms with Crippen molar-refractivity contribution in [3.8, 4) is 11.5 Å². The van der Waals surface area contributed by atoms with Crippen LogP contribution in [0.1, 0.15) is 21.7 Å². The number of amides is 1. The number of rotatable bonds is 5. The maximum Gasteiger partial charge on any atom is 0.276 e. The minimum atomic E-state index is -0.567. The van der Waals surface area contributed by atoms with E-state index in [9.17, 15) is 9.59 Å². The summed E-state index contributed by atoms with van der Waals surface area (Å²) in [7, 11) is 0. The molecule has 0 saturated carbocycles. The summed E-state index contributed by atoms with van der Waals surface area (Å²) in [5.41, 5.74) is 1.43. The molecule has 150 valence electrons. The van der Waals surface area contributed by atoms with E-state index in [0.29, 0.717) is 22.2 Å². The molecule has 0 saturated heterocycles. The van der Waals surface area contributed by atoms with Crippen LogP contribution in [0.3, 0.4) is 0 Å². The fraction of sp³-hybridized carbons (Fsp3) is 0.0952. The van der Waals surface area contributed by atoms with Crippen molar-refractivity contribution in [3.05, 3.63) is 99.6 Å². The SMILES string of the molecule is Cc1cc(=O)c(C(=O)NCc2cccnc2-n2ccnc2)nn1-c1ccc(Cl)cc1. The van der Waals surface area contributed by atoms with E-state index in [1.165, 1.54) is 10.7 Å². The van der Waals surface area contributed by atoms with Gasteiger partial charge >= 0.3 is 0 Å². The lowest BCUT2D eigenvalue weighted by atomic mass is 10.2. The minimum Gasteiger partial charge on any atom is -0.346 e. The highest BCUT2D eigenvalue weighted by Gasteiger charge is 2.16. The van der Waals surface area contributed by atoms with Gasteiger partial charge in [0.15, 0.2) is 5.69 Å². The van der Waals surface area contributed by atoms with Crippen LogP contribution < -0.4 is 10.7 Å². The second-order valence-corrected chi connectivity index (χ2v) is 6.96. The molecule has 0 aliphatic rings. The van der Waals surface area contributed by atoms with Gasteiger partial charge in [0.2, 0.25) is 5.43 Å². The van der Waals surface area contributed by atoms with Gasteiger partial charge in [-0.25, -0.2) is 14.6 Å². The lowest BCUT2D eigenvalue weighted by Crippen LogP contribution is -2.32. The van der Waals surface area contributed by atoms with Crippen LogP contribution >= 0.6 is 11.6 Å². The number of pyridine rings is 1. The number of carbonyl (C=O) groups excluding carboxylic acids is 1. The van der Waals surface area contributed by atoms with Crippen molar-refractivity contribution in [1.29, 1.82) is 0 Å². The first-order valence-electron chi connectivity index (χ1n) is 9.10. The monoisotopic (exact) mass is 420 g/mol. The molecule has 1 amide bonds. The topological polar surface area (TPSA) is 94.7 Å². The Kier molecular flexibility index (Phi) is 5.40. The van der Waals surface area contributed by atoms with Gasteiger partial charge in [-0.3, -0.25) is 14.2 Å². The number of aryl methyl sites for hydroxylation is 1. The molecule has 3 aromatic heterocycles. The molecule has 0 spiro atoms. The van der Waals surface area contributed by atoms with Crippen LogP contribution in [0.25, 0.3) is 11.5 Å². The largest absolute Gasteiger partial charge is 0.346 e. The first-order chi connectivity index (χ1) is 14.5. The van der Waals surface area contributed by atoms with Crippen molar-refractivity contribution in [3.63, 3.8) is 0 Å². The molecule has 9 heteroatoms. The molecule has 1 N–H and O–H groups in total. The molecule has 0 unspecified atom stereocenters. The first-order valence-corrected chi connectivity index (χ1v) is 9.48. The van der Waals surface area contributed by atoms with Crippen LogP contribution in [0.2, 0.25) is 5.02 Å². The number of carbonyl (C=O) groups is 1. The predicted molar refractivity (Wildman–Crippen MR) is 112 cm³/mol. The number of halogens is 1. The Morgan fingerprint density at radius 3 is 2.70 bits per heavy atom. The molecule has 8 nitrogen and oxygen atoms in total. The number of benzene rings is 1. The standard InChI is InChI=1S/C21H17ClN6O2/c1-14-11-18(29)19(26-28(14)17-6-4-16(22)5-7-17)21(30)25-12-15-3-2-8-24-20(15)27-10-9-23-13-27/h2-11,13H,12H2,1H3,(H,25,30).